The van der Waals surface area contributed by atoms with Gasteiger partial charge < -0.3 is 15.4 Å². The molecule has 0 aromatic carbocycles. The first-order valence-corrected chi connectivity index (χ1v) is 6.39. The zero-order valence-electron chi connectivity index (χ0n) is 11.2. The van der Waals surface area contributed by atoms with E-state index in [0.29, 0.717) is 17.2 Å². The number of hydrogen-bond donors (Lipinski definition) is 1. The fraction of sp³-hybridized carbons (Fsp3) is 0.667. The molecule has 0 saturated carbocycles. The van der Waals surface area contributed by atoms with Crippen LogP contribution in [0.15, 0.2) is 0 Å². The molecule has 1 saturated heterocycles. The van der Waals surface area contributed by atoms with E-state index in [4.69, 9.17) is 22.1 Å². The molecule has 0 bridgehead atoms. The van der Waals surface area contributed by atoms with E-state index in [1.807, 2.05) is 13.8 Å². The Balaban J connectivity index is 2.36. The number of hydrogen-bond acceptors (Lipinski definition) is 5. The average molecular weight is 271 g/mol. The maximum atomic E-state index is 6.05. The van der Waals surface area contributed by atoms with Gasteiger partial charge in [-0.2, -0.15) is 4.98 Å². The van der Waals surface area contributed by atoms with E-state index in [-0.39, 0.29) is 17.0 Å². The molecule has 1 aromatic heterocycles. The lowest BCUT2D eigenvalue weighted by Gasteiger charge is -2.42. The quantitative estimate of drug-likeness (QED) is 0.791. The Bertz CT molecular complexity index is 464. The van der Waals surface area contributed by atoms with Crippen molar-refractivity contribution in [3.63, 3.8) is 0 Å². The Morgan fingerprint density at radius 1 is 1.44 bits per heavy atom. The number of nitrogens with zero attached hydrogens (tertiary/aromatic N) is 3. The molecule has 1 aliphatic rings. The summed E-state index contributed by atoms with van der Waals surface area (Å²) in [5.74, 6) is 0.704. The Labute approximate surface area is 112 Å². The zero-order valence-corrected chi connectivity index (χ0v) is 12.0. The van der Waals surface area contributed by atoms with Crippen LogP contribution in [0.25, 0.3) is 0 Å². The molecule has 1 unspecified atom stereocenters. The van der Waals surface area contributed by atoms with Crippen molar-refractivity contribution in [1.29, 1.82) is 0 Å². The van der Waals surface area contributed by atoms with Crippen LogP contribution >= 0.6 is 11.6 Å². The van der Waals surface area contributed by atoms with Gasteiger partial charge in [-0.1, -0.05) is 0 Å². The predicted octanol–water partition coefficient (Wildman–Crippen LogP) is 2.02. The molecule has 2 N–H and O–H groups in total. The van der Waals surface area contributed by atoms with Gasteiger partial charge in [0.25, 0.3) is 0 Å². The number of anilines is 2. The number of nitrogen functional groups attached to an aromatic ring is 1. The molecule has 0 amide bonds. The first-order valence-electron chi connectivity index (χ1n) is 6.01. The highest BCUT2D eigenvalue weighted by Gasteiger charge is 2.33. The van der Waals surface area contributed by atoms with Gasteiger partial charge in [-0.3, -0.25) is 0 Å². The number of rotatable bonds is 1. The summed E-state index contributed by atoms with van der Waals surface area (Å²) < 4.78 is 5.87. The van der Waals surface area contributed by atoms with Crippen molar-refractivity contribution in [1.82, 2.24) is 9.97 Å². The normalized spacial score (nSPS) is 23.2. The number of halogens is 1. The third-order valence-corrected chi connectivity index (χ3v) is 3.13. The van der Waals surface area contributed by atoms with Crippen molar-refractivity contribution < 1.29 is 4.74 Å². The van der Waals surface area contributed by atoms with Crippen molar-refractivity contribution in [3.05, 3.63) is 11.0 Å². The second-order valence-corrected chi connectivity index (χ2v) is 5.72. The van der Waals surface area contributed by atoms with E-state index in [0.717, 1.165) is 13.1 Å². The van der Waals surface area contributed by atoms with Crippen LogP contribution in [0.4, 0.5) is 11.5 Å². The number of aromatic nitrogens is 2. The minimum absolute atomic E-state index is 0.127. The summed E-state index contributed by atoms with van der Waals surface area (Å²) in [6.07, 6.45) is 0.127. The van der Waals surface area contributed by atoms with Crippen LogP contribution in [0.2, 0.25) is 5.28 Å². The highest BCUT2D eigenvalue weighted by molar-refractivity contribution is 6.28. The maximum absolute atomic E-state index is 6.05. The van der Waals surface area contributed by atoms with Gasteiger partial charge in [-0.25, -0.2) is 4.98 Å². The number of nitrogens with two attached hydrogens (primary N) is 1. The van der Waals surface area contributed by atoms with Gasteiger partial charge in [0, 0.05) is 13.1 Å². The van der Waals surface area contributed by atoms with Crippen molar-refractivity contribution in [2.24, 2.45) is 0 Å². The molecule has 1 fully saturated rings. The molecule has 2 rings (SSSR count). The van der Waals surface area contributed by atoms with Gasteiger partial charge >= 0.3 is 0 Å². The topological polar surface area (TPSA) is 64.3 Å². The first kappa shape index (κ1) is 13.4. The van der Waals surface area contributed by atoms with Gasteiger partial charge in [-0.15, -0.1) is 0 Å². The number of ether oxygens (including phenoxy) is 1. The molecule has 100 valence electrons. The van der Waals surface area contributed by atoms with Crippen molar-refractivity contribution in [3.8, 4) is 0 Å². The third kappa shape index (κ3) is 2.67. The van der Waals surface area contributed by atoms with E-state index in [1.165, 1.54) is 0 Å². The van der Waals surface area contributed by atoms with E-state index in [1.54, 1.807) is 0 Å². The van der Waals surface area contributed by atoms with Gasteiger partial charge in [0.15, 0.2) is 5.82 Å². The van der Waals surface area contributed by atoms with E-state index in [9.17, 15) is 0 Å². The highest BCUT2D eigenvalue weighted by Crippen LogP contribution is 2.30. The summed E-state index contributed by atoms with van der Waals surface area (Å²) in [5, 5.41) is 0.230. The van der Waals surface area contributed by atoms with Crippen LogP contribution in [-0.2, 0) is 4.74 Å². The molecule has 0 radical (unpaired) electrons. The fourth-order valence-electron chi connectivity index (χ4n) is 2.39. The lowest BCUT2D eigenvalue weighted by Crippen LogP contribution is -2.52. The summed E-state index contributed by atoms with van der Waals surface area (Å²) in [5.41, 5.74) is 7.12. The molecule has 6 heteroatoms. The summed E-state index contributed by atoms with van der Waals surface area (Å²) >= 11 is 5.91. The SMILES string of the molecule is Cc1nc(Cl)nc(N2CC(C)OC(C)(C)C2)c1N. The molecule has 2 heterocycles. The van der Waals surface area contributed by atoms with Gasteiger partial charge in [0.05, 0.1) is 23.1 Å². The third-order valence-electron chi connectivity index (χ3n) is 2.96. The van der Waals surface area contributed by atoms with Crippen LogP contribution in [0, 0.1) is 6.92 Å². The first-order chi connectivity index (χ1) is 8.28. The van der Waals surface area contributed by atoms with Crippen LogP contribution in [0.5, 0.6) is 0 Å². The number of morpholine rings is 1. The Hall–Kier alpha value is -1.07. The van der Waals surface area contributed by atoms with Crippen molar-refractivity contribution >= 4 is 23.1 Å². The Morgan fingerprint density at radius 2 is 2.11 bits per heavy atom. The lowest BCUT2D eigenvalue weighted by molar-refractivity contribution is -0.0751. The summed E-state index contributed by atoms with van der Waals surface area (Å²) in [6.45, 7) is 9.47. The number of aryl methyl sites for hydroxylation is 1. The summed E-state index contributed by atoms with van der Waals surface area (Å²) in [4.78, 5) is 10.4. The van der Waals surface area contributed by atoms with Gasteiger partial charge in [0.2, 0.25) is 5.28 Å². The van der Waals surface area contributed by atoms with Crippen molar-refractivity contribution in [2.75, 3.05) is 23.7 Å². The largest absolute Gasteiger partial charge is 0.394 e. The fourth-order valence-corrected chi connectivity index (χ4v) is 2.60. The summed E-state index contributed by atoms with van der Waals surface area (Å²) in [6, 6.07) is 0. The van der Waals surface area contributed by atoms with Crippen LogP contribution in [0.1, 0.15) is 26.5 Å². The highest BCUT2D eigenvalue weighted by atomic mass is 35.5. The second kappa shape index (κ2) is 4.55. The van der Waals surface area contributed by atoms with E-state index < -0.39 is 0 Å². The molecular weight excluding hydrogens is 252 g/mol. The van der Waals surface area contributed by atoms with Gasteiger partial charge in [-0.05, 0) is 39.3 Å². The Kier molecular flexibility index (Phi) is 3.38. The van der Waals surface area contributed by atoms with Crippen LogP contribution in [-0.4, -0.2) is 34.8 Å². The molecule has 1 aromatic rings. The predicted molar refractivity (Wildman–Crippen MR) is 73.0 cm³/mol. The summed E-state index contributed by atoms with van der Waals surface area (Å²) in [7, 11) is 0. The second-order valence-electron chi connectivity index (χ2n) is 5.38. The Morgan fingerprint density at radius 3 is 2.72 bits per heavy atom. The monoisotopic (exact) mass is 270 g/mol. The van der Waals surface area contributed by atoms with Crippen molar-refractivity contribution in [2.45, 2.75) is 39.4 Å². The smallest absolute Gasteiger partial charge is 0.224 e. The molecule has 0 spiro atoms. The molecule has 18 heavy (non-hydrogen) atoms. The molecule has 1 aliphatic heterocycles. The van der Waals surface area contributed by atoms with E-state index in [2.05, 4.69) is 28.7 Å². The van der Waals surface area contributed by atoms with Gasteiger partial charge in [0.1, 0.15) is 0 Å². The zero-order chi connectivity index (χ0) is 13.5. The molecular formula is C12H19ClN4O. The minimum Gasteiger partial charge on any atom is -0.394 e. The maximum Gasteiger partial charge on any atom is 0.224 e. The van der Waals surface area contributed by atoms with Crippen LogP contribution < -0.4 is 10.6 Å². The average Bonchev–Trinajstić information content (AvgIpc) is 2.20. The molecule has 1 atom stereocenters. The minimum atomic E-state index is -0.227. The molecule has 0 aliphatic carbocycles. The van der Waals surface area contributed by atoms with Crippen LogP contribution in [0.3, 0.4) is 0 Å². The lowest BCUT2D eigenvalue weighted by atomic mass is 10.1. The van der Waals surface area contributed by atoms with E-state index >= 15 is 0 Å². The standard InChI is InChI=1S/C12H19ClN4O/c1-7-5-17(6-12(3,4)18-7)10-9(14)8(2)15-11(13)16-10/h7H,5-6,14H2,1-4H3. The molecule has 5 nitrogen and oxygen atoms in total.